The van der Waals surface area contributed by atoms with Gasteiger partial charge in [-0.3, -0.25) is 4.79 Å². The van der Waals surface area contributed by atoms with Crippen LogP contribution in [0.2, 0.25) is 0 Å². The first-order valence-electron chi connectivity index (χ1n) is 7.71. The van der Waals surface area contributed by atoms with Crippen LogP contribution < -0.4 is 5.32 Å². The van der Waals surface area contributed by atoms with Crippen LogP contribution >= 0.6 is 0 Å². The topological polar surface area (TPSA) is 49.3 Å². The molecule has 0 atom stereocenters. The Labute approximate surface area is 125 Å². The fourth-order valence-electron chi connectivity index (χ4n) is 2.96. The molecule has 1 aromatic rings. The zero-order valence-electron chi connectivity index (χ0n) is 12.8. The summed E-state index contributed by atoms with van der Waals surface area (Å²) >= 11 is 0. The van der Waals surface area contributed by atoms with Gasteiger partial charge in [0.15, 0.2) is 0 Å². The van der Waals surface area contributed by atoms with Crippen molar-refractivity contribution in [2.24, 2.45) is 5.92 Å². The highest BCUT2D eigenvalue weighted by molar-refractivity contribution is 5.94. The molecule has 21 heavy (non-hydrogen) atoms. The third-order valence-corrected chi connectivity index (χ3v) is 4.63. The molecule has 1 aromatic carbocycles. The van der Waals surface area contributed by atoms with Gasteiger partial charge in [0.1, 0.15) is 5.82 Å². The van der Waals surface area contributed by atoms with Gasteiger partial charge in [-0.1, -0.05) is 25.5 Å². The molecule has 1 saturated carbocycles. The van der Waals surface area contributed by atoms with Gasteiger partial charge >= 0.3 is 0 Å². The van der Waals surface area contributed by atoms with E-state index in [1.54, 1.807) is 19.1 Å². The second-order valence-corrected chi connectivity index (χ2v) is 6.20. The Balaban J connectivity index is 1.94. The summed E-state index contributed by atoms with van der Waals surface area (Å²) in [6.45, 7) is 3.98. The van der Waals surface area contributed by atoms with Crippen LogP contribution in [0.4, 0.5) is 4.39 Å². The molecule has 2 rings (SSSR count). The molecule has 0 unspecified atom stereocenters. The molecule has 116 valence electrons. The summed E-state index contributed by atoms with van der Waals surface area (Å²) in [7, 11) is 0. The molecule has 0 heterocycles. The molecule has 0 radical (unpaired) electrons. The average Bonchev–Trinajstić information content (AvgIpc) is 2.49. The highest BCUT2D eigenvalue weighted by Crippen LogP contribution is 2.33. The fourth-order valence-corrected chi connectivity index (χ4v) is 2.96. The predicted molar refractivity (Wildman–Crippen MR) is 80.7 cm³/mol. The van der Waals surface area contributed by atoms with Crippen molar-refractivity contribution in [3.63, 3.8) is 0 Å². The van der Waals surface area contributed by atoms with E-state index in [2.05, 4.69) is 12.2 Å². The van der Waals surface area contributed by atoms with E-state index in [0.717, 1.165) is 19.3 Å². The van der Waals surface area contributed by atoms with Crippen LogP contribution in [0.25, 0.3) is 0 Å². The van der Waals surface area contributed by atoms with Gasteiger partial charge in [0.2, 0.25) is 0 Å². The van der Waals surface area contributed by atoms with E-state index in [4.69, 9.17) is 0 Å². The van der Waals surface area contributed by atoms with E-state index >= 15 is 0 Å². The normalized spacial score (nSPS) is 25.6. The largest absolute Gasteiger partial charge is 0.388 e. The van der Waals surface area contributed by atoms with E-state index in [1.165, 1.54) is 6.07 Å². The zero-order valence-corrected chi connectivity index (χ0v) is 12.8. The van der Waals surface area contributed by atoms with Gasteiger partial charge in [-0.2, -0.15) is 0 Å². The van der Waals surface area contributed by atoms with Gasteiger partial charge in [-0.15, -0.1) is 0 Å². The first-order chi connectivity index (χ1) is 9.95. The first-order valence-corrected chi connectivity index (χ1v) is 7.71. The Morgan fingerprint density at radius 2 is 2.10 bits per heavy atom. The smallest absolute Gasteiger partial charge is 0.254 e. The first kappa shape index (κ1) is 16.0. The summed E-state index contributed by atoms with van der Waals surface area (Å²) in [4.78, 5) is 12.1. The fraction of sp³-hybridized carbons (Fsp3) is 0.588. The van der Waals surface area contributed by atoms with Crippen LogP contribution in [0, 0.1) is 18.7 Å². The van der Waals surface area contributed by atoms with Gasteiger partial charge in [-0.05, 0) is 50.2 Å². The van der Waals surface area contributed by atoms with Crippen molar-refractivity contribution in [2.75, 3.05) is 6.54 Å². The van der Waals surface area contributed by atoms with Gasteiger partial charge in [0.05, 0.1) is 11.2 Å². The molecule has 0 bridgehead atoms. The molecule has 1 fully saturated rings. The molecular formula is C17H24FNO2. The van der Waals surface area contributed by atoms with Gasteiger partial charge in [-0.25, -0.2) is 4.39 Å². The molecule has 0 saturated heterocycles. The standard InChI is InChI=1S/C17H24FNO2/c1-3-13-7-9-17(21,10-8-13)11-19-16(20)14-6-4-5-12(2)15(14)18/h4-6,13,21H,3,7-11H2,1-2H3,(H,19,20). The van der Waals surface area contributed by atoms with Crippen molar-refractivity contribution in [2.45, 2.75) is 51.6 Å². The van der Waals surface area contributed by atoms with Gasteiger partial charge < -0.3 is 10.4 Å². The van der Waals surface area contributed by atoms with Crippen molar-refractivity contribution < 1.29 is 14.3 Å². The van der Waals surface area contributed by atoms with E-state index in [0.29, 0.717) is 24.3 Å². The molecule has 1 aliphatic carbocycles. The van der Waals surface area contributed by atoms with Crippen LogP contribution in [-0.4, -0.2) is 23.2 Å². The highest BCUT2D eigenvalue weighted by atomic mass is 19.1. The molecule has 0 aromatic heterocycles. The third-order valence-electron chi connectivity index (χ3n) is 4.63. The van der Waals surface area contributed by atoms with Crippen LogP contribution in [0.3, 0.4) is 0 Å². The van der Waals surface area contributed by atoms with Crippen LogP contribution in [0.1, 0.15) is 54.9 Å². The Morgan fingerprint density at radius 1 is 1.43 bits per heavy atom. The summed E-state index contributed by atoms with van der Waals surface area (Å²) in [6, 6.07) is 4.76. The summed E-state index contributed by atoms with van der Waals surface area (Å²) in [6.07, 6.45) is 4.50. The van der Waals surface area contributed by atoms with Crippen LogP contribution in [0.15, 0.2) is 18.2 Å². The lowest BCUT2D eigenvalue weighted by molar-refractivity contribution is -0.00789. The summed E-state index contributed by atoms with van der Waals surface area (Å²) in [5.41, 5.74) is -0.354. The van der Waals surface area contributed by atoms with E-state index < -0.39 is 17.3 Å². The number of hydrogen-bond acceptors (Lipinski definition) is 2. The molecule has 4 heteroatoms. The van der Waals surface area contributed by atoms with E-state index in [9.17, 15) is 14.3 Å². The lowest BCUT2D eigenvalue weighted by Gasteiger charge is -2.35. The number of carbonyl (C=O) groups excluding carboxylic acids is 1. The zero-order chi connectivity index (χ0) is 15.5. The number of hydrogen-bond donors (Lipinski definition) is 2. The molecule has 2 N–H and O–H groups in total. The number of halogens is 1. The minimum atomic E-state index is -0.846. The van der Waals surface area contributed by atoms with E-state index in [1.807, 2.05) is 0 Å². The van der Waals surface area contributed by atoms with Crippen LogP contribution in [-0.2, 0) is 0 Å². The SMILES string of the molecule is CCC1CCC(O)(CNC(=O)c2cccc(C)c2F)CC1. The lowest BCUT2D eigenvalue weighted by atomic mass is 9.78. The molecule has 0 spiro atoms. The highest BCUT2D eigenvalue weighted by Gasteiger charge is 2.33. The molecule has 3 nitrogen and oxygen atoms in total. The summed E-state index contributed by atoms with van der Waals surface area (Å²) in [5.74, 6) is -0.269. The van der Waals surface area contributed by atoms with Crippen molar-refractivity contribution in [3.05, 3.63) is 35.1 Å². The van der Waals surface area contributed by atoms with Crippen molar-refractivity contribution in [1.29, 1.82) is 0 Å². The van der Waals surface area contributed by atoms with Crippen molar-refractivity contribution in [1.82, 2.24) is 5.32 Å². The molecular weight excluding hydrogens is 269 g/mol. The Kier molecular flexibility index (Phi) is 4.99. The molecule has 1 aliphatic rings. The van der Waals surface area contributed by atoms with Gasteiger partial charge in [0, 0.05) is 6.54 Å². The van der Waals surface area contributed by atoms with E-state index in [-0.39, 0.29) is 12.1 Å². The average molecular weight is 293 g/mol. The van der Waals surface area contributed by atoms with Crippen molar-refractivity contribution in [3.8, 4) is 0 Å². The third kappa shape index (κ3) is 3.82. The minimum Gasteiger partial charge on any atom is -0.388 e. The molecule has 1 amide bonds. The summed E-state index contributed by atoms with van der Waals surface area (Å²) in [5, 5.41) is 13.2. The van der Waals surface area contributed by atoms with Gasteiger partial charge in [0.25, 0.3) is 5.91 Å². The number of benzene rings is 1. The monoisotopic (exact) mass is 293 g/mol. The molecule has 0 aliphatic heterocycles. The number of aryl methyl sites for hydroxylation is 1. The second-order valence-electron chi connectivity index (χ2n) is 6.20. The second kappa shape index (κ2) is 6.56. The Hall–Kier alpha value is -1.42. The maximum absolute atomic E-state index is 13.9. The number of carbonyl (C=O) groups is 1. The number of amides is 1. The minimum absolute atomic E-state index is 0.0424. The quantitative estimate of drug-likeness (QED) is 0.895. The number of rotatable bonds is 4. The van der Waals surface area contributed by atoms with Crippen molar-refractivity contribution >= 4 is 5.91 Å². The Morgan fingerprint density at radius 3 is 2.71 bits per heavy atom. The van der Waals surface area contributed by atoms with Crippen LogP contribution in [0.5, 0.6) is 0 Å². The summed E-state index contributed by atoms with van der Waals surface area (Å²) < 4.78 is 13.9. The Bertz CT molecular complexity index is 508. The number of aliphatic hydroxyl groups is 1. The lowest BCUT2D eigenvalue weighted by Crippen LogP contribution is -2.45. The number of nitrogens with one attached hydrogen (secondary N) is 1. The maximum atomic E-state index is 13.9. The predicted octanol–water partition coefficient (Wildman–Crippen LogP) is 3.20. The maximum Gasteiger partial charge on any atom is 0.254 e.